The number of nitrogens with zero attached hydrogens (tertiary/aromatic N) is 2. The summed E-state index contributed by atoms with van der Waals surface area (Å²) in [6.07, 6.45) is 10.8. The van der Waals surface area contributed by atoms with Crippen LogP contribution in [0.2, 0.25) is 0 Å². The molecule has 0 bridgehead atoms. The van der Waals surface area contributed by atoms with Gasteiger partial charge in [0.1, 0.15) is 0 Å². The predicted molar refractivity (Wildman–Crippen MR) is 76.8 cm³/mol. The zero-order valence-corrected chi connectivity index (χ0v) is 12.0. The summed E-state index contributed by atoms with van der Waals surface area (Å²) in [6.45, 7) is 5.06. The van der Waals surface area contributed by atoms with Crippen molar-refractivity contribution in [2.75, 3.05) is 13.2 Å². The van der Waals surface area contributed by atoms with Crippen LogP contribution < -0.4 is 5.32 Å². The molecule has 1 aliphatic carbocycles. The summed E-state index contributed by atoms with van der Waals surface area (Å²) in [6, 6.07) is 0. The minimum atomic E-state index is 0.148. The van der Waals surface area contributed by atoms with E-state index in [2.05, 4.69) is 17.3 Å². The minimum Gasteiger partial charge on any atom is -0.394 e. The van der Waals surface area contributed by atoms with E-state index in [1.54, 1.807) is 4.68 Å². The molecule has 0 aliphatic heterocycles. The third-order valence-corrected chi connectivity index (χ3v) is 4.32. The Morgan fingerprint density at radius 1 is 1.32 bits per heavy atom. The van der Waals surface area contributed by atoms with Gasteiger partial charge in [0.15, 0.2) is 0 Å². The molecule has 0 radical (unpaired) electrons. The van der Waals surface area contributed by atoms with Gasteiger partial charge >= 0.3 is 0 Å². The second-order valence-corrected chi connectivity index (χ2v) is 5.76. The molecular formula is C15H27N3O. The number of nitrogens with one attached hydrogen (secondary N) is 1. The lowest BCUT2D eigenvalue weighted by Crippen LogP contribution is -2.26. The maximum absolute atomic E-state index is 8.84. The minimum absolute atomic E-state index is 0.148. The summed E-state index contributed by atoms with van der Waals surface area (Å²) in [7, 11) is 0. The molecule has 4 nitrogen and oxygen atoms in total. The van der Waals surface area contributed by atoms with Gasteiger partial charge in [0.2, 0.25) is 0 Å². The molecule has 0 spiro atoms. The average molecular weight is 265 g/mol. The van der Waals surface area contributed by atoms with Crippen LogP contribution >= 0.6 is 0 Å². The molecule has 0 atom stereocenters. The molecule has 1 fully saturated rings. The van der Waals surface area contributed by atoms with Crippen LogP contribution in [0.15, 0.2) is 12.4 Å². The molecule has 0 aromatic carbocycles. The zero-order valence-electron chi connectivity index (χ0n) is 12.0. The van der Waals surface area contributed by atoms with Gasteiger partial charge in [-0.2, -0.15) is 5.10 Å². The quantitative estimate of drug-likeness (QED) is 0.794. The van der Waals surface area contributed by atoms with Crippen molar-refractivity contribution < 1.29 is 5.11 Å². The van der Waals surface area contributed by atoms with Crippen LogP contribution in [0.3, 0.4) is 0 Å². The van der Waals surface area contributed by atoms with E-state index in [0.29, 0.717) is 6.54 Å². The SMILES string of the molecule is CCC1CCC(CNCc2cnn(CCO)c2)CC1. The maximum atomic E-state index is 8.84. The number of hydrogen-bond acceptors (Lipinski definition) is 3. The van der Waals surface area contributed by atoms with Gasteiger partial charge in [-0.15, -0.1) is 0 Å². The monoisotopic (exact) mass is 265 g/mol. The number of aliphatic hydroxyl groups excluding tert-OH is 1. The van der Waals surface area contributed by atoms with E-state index in [4.69, 9.17) is 5.11 Å². The molecule has 1 heterocycles. The smallest absolute Gasteiger partial charge is 0.0640 e. The standard InChI is InChI=1S/C15H27N3O/c1-2-13-3-5-14(6-4-13)9-16-10-15-11-17-18(12-15)7-8-19/h11-14,16,19H,2-10H2,1H3. The van der Waals surface area contributed by atoms with Crippen LogP contribution in [-0.4, -0.2) is 28.0 Å². The van der Waals surface area contributed by atoms with Gasteiger partial charge in [-0.3, -0.25) is 4.68 Å². The Kier molecular flexibility index (Phi) is 5.86. The number of rotatable bonds is 7. The summed E-state index contributed by atoms with van der Waals surface area (Å²) in [5, 5.41) is 16.6. The first kappa shape index (κ1) is 14.5. The summed E-state index contributed by atoms with van der Waals surface area (Å²) >= 11 is 0. The third kappa shape index (κ3) is 4.62. The van der Waals surface area contributed by atoms with Gasteiger partial charge in [0.05, 0.1) is 19.3 Å². The maximum Gasteiger partial charge on any atom is 0.0640 e. The Bertz CT molecular complexity index is 356. The largest absolute Gasteiger partial charge is 0.394 e. The van der Waals surface area contributed by atoms with Gasteiger partial charge < -0.3 is 10.4 Å². The van der Waals surface area contributed by atoms with Gasteiger partial charge in [-0.05, 0) is 31.2 Å². The first-order valence-electron chi connectivity index (χ1n) is 7.64. The fourth-order valence-corrected chi connectivity index (χ4v) is 2.99. The van der Waals surface area contributed by atoms with E-state index in [9.17, 15) is 0 Å². The lowest BCUT2D eigenvalue weighted by atomic mass is 9.81. The van der Waals surface area contributed by atoms with E-state index < -0.39 is 0 Å². The predicted octanol–water partition coefficient (Wildman–Crippen LogP) is 2.18. The molecule has 19 heavy (non-hydrogen) atoms. The highest BCUT2D eigenvalue weighted by molar-refractivity contribution is 5.03. The van der Waals surface area contributed by atoms with Gasteiger partial charge in [-0.1, -0.05) is 26.2 Å². The van der Waals surface area contributed by atoms with Crippen LogP contribution in [0.4, 0.5) is 0 Å². The molecule has 2 rings (SSSR count). The molecular weight excluding hydrogens is 238 g/mol. The Morgan fingerprint density at radius 2 is 2.05 bits per heavy atom. The van der Waals surface area contributed by atoms with Crippen molar-refractivity contribution in [3.05, 3.63) is 18.0 Å². The van der Waals surface area contributed by atoms with Crippen LogP contribution in [0, 0.1) is 11.8 Å². The van der Waals surface area contributed by atoms with Crippen molar-refractivity contribution in [3.8, 4) is 0 Å². The molecule has 1 aromatic rings. The molecule has 4 heteroatoms. The molecule has 0 unspecified atom stereocenters. The van der Waals surface area contributed by atoms with Gasteiger partial charge in [0.25, 0.3) is 0 Å². The van der Waals surface area contributed by atoms with Crippen LogP contribution in [0.5, 0.6) is 0 Å². The van der Waals surface area contributed by atoms with Crippen molar-refractivity contribution in [1.29, 1.82) is 0 Å². The molecule has 1 saturated carbocycles. The van der Waals surface area contributed by atoms with Crippen molar-refractivity contribution in [2.24, 2.45) is 11.8 Å². The second kappa shape index (κ2) is 7.65. The fourth-order valence-electron chi connectivity index (χ4n) is 2.99. The third-order valence-electron chi connectivity index (χ3n) is 4.32. The Morgan fingerprint density at radius 3 is 2.74 bits per heavy atom. The van der Waals surface area contributed by atoms with E-state index in [0.717, 1.165) is 24.9 Å². The zero-order chi connectivity index (χ0) is 13.5. The summed E-state index contributed by atoms with van der Waals surface area (Å²) in [4.78, 5) is 0. The van der Waals surface area contributed by atoms with Crippen molar-refractivity contribution >= 4 is 0 Å². The van der Waals surface area contributed by atoms with Gasteiger partial charge in [-0.25, -0.2) is 0 Å². The Balaban J connectivity index is 1.63. The topological polar surface area (TPSA) is 50.1 Å². The first-order chi connectivity index (χ1) is 9.31. The molecule has 108 valence electrons. The number of aliphatic hydroxyl groups is 1. The highest BCUT2D eigenvalue weighted by Crippen LogP contribution is 2.30. The molecule has 2 N–H and O–H groups in total. The Labute approximate surface area is 116 Å². The second-order valence-electron chi connectivity index (χ2n) is 5.76. The first-order valence-corrected chi connectivity index (χ1v) is 7.64. The highest BCUT2D eigenvalue weighted by Gasteiger charge is 2.19. The highest BCUT2D eigenvalue weighted by atomic mass is 16.3. The molecule has 0 amide bonds. The Hall–Kier alpha value is -0.870. The van der Waals surface area contributed by atoms with E-state index in [1.807, 2.05) is 12.4 Å². The summed E-state index contributed by atoms with van der Waals surface area (Å²) in [5.41, 5.74) is 1.20. The van der Waals surface area contributed by atoms with Crippen LogP contribution in [0.1, 0.15) is 44.6 Å². The number of aromatic nitrogens is 2. The fraction of sp³-hybridized carbons (Fsp3) is 0.800. The van der Waals surface area contributed by atoms with Crippen molar-refractivity contribution in [3.63, 3.8) is 0 Å². The van der Waals surface area contributed by atoms with Crippen LogP contribution in [-0.2, 0) is 13.1 Å². The molecule has 1 aromatic heterocycles. The van der Waals surface area contributed by atoms with E-state index in [-0.39, 0.29) is 6.61 Å². The number of hydrogen-bond donors (Lipinski definition) is 2. The van der Waals surface area contributed by atoms with Crippen molar-refractivity contribution in [2.45, 2.75) is 52.1 Å². The lowest BCUT2D eigenvalue weighted by Gasteiger charge is -2.27. The average Bonchev–Trinajstić information content (AvgIpc) is 2.88. The summed E-state index contributed by atoms with van der Waals surface area (Å²) < 4.78 is 1.80. The molecule has 0 saturated heterocycles. The lowest BCUT2D eigenvalue weighted by molar-refractivity contribution is 0.262. The van der Waals surface area contributed by atoms with Gasteiger partial charge in [0, 0.05) is 18.3 Å². The van der Waals surface area contributed by atoms with E-state index >= 15 is 0 Å². The van der Waals surface area contributed by atoms with Crippen molar-refractivity contribution in [1.82, 2.24) is 15.1 Å². The molecule has 1 aliphatic rings. The summed E-state index contributed by atoms with van der Waals surface area (Å²) in [5.74, 6) is 1.84. The normalized spacial score (nSPS) is 23.7. The van der Waals surface area contributed by atoms with Crippen LogP contribution in [0.25, 0.3) is 0 Å². The van der Waals surface area contributed by atoms with E-state index in [1.165, 1.54) is 37.7 Å².